The Morgan fingerprint density at radius 3 is 2.32 bits per heavy atom. The van der Waals surface area contributed by atoms with Crippen LogP contribution in [-0.4, -0.2) is 30.4 Å². The average molecular weight is 437 g/mol. The van der Waals surface area contributed by atoms with Crippen LogP contribution in [0.1, 0.15) is 31.2 Å². The average Bonchev–Trinajstić information content (AvgIpc) is 2.86. The zero-order chi connectivity index (χ0) is 19.7. The molecule has 2 aromatic carbocycles. The van der Waals surface area contributed by atoms with E-state index in [1.165, 1.54) is 0 Å². The molecule has 28 heavy (non-hydrogen) atoms. The molecule has 0 spiro atoms. The molecule has 0 bridgehead atoms. The summed E-state index contributed by atoms with van der Waals surface area (Å²) in [5, 5.41) is 0.648. The number of halogens is 1. The highest BCUT2D eigenvalue weighted by Crippen LogP contribution is 2.26. The molecule has 0 amide bonds. The van der Waals surface area contributed by atoms with Gasteiger partial charge in [0, 0.05) is 18.1 Å². The highest BCUT2D eigenvalue weighted by Gasteiger charge is 2.25. The molecule has 3 aromatic rings. The first-order valence-corrected chi connectivity index (χ1v) is 12.0. The Labute approximate surface area is 173 Å². The van der Waals surface area contributed by atoms with Crippen molar-refractivity contribution in [3.8, 4) is 0 Å². The smallest absolute Gasteiger partial charge is 0.294 e. The van der Waals surface area contributed by atoms with Crippen molar-refractivity contribution in [3.63, 3.8) is 0 Å². The number of nitrogens with zero attached hydrogens (tertiary/aromatic N) is 2. The first kappa shape index (κ1) is 19.6. The van der Waals surface area contributed by atoms with Gasteiger partial charge in [0.2, 0.25) is 10.0 Å². The van der Waals surface area contributed by atoms with Gasteiger partial charge in [-0.25, -0.2) is 8.42 Å². The Hall–Kier alpha value is -1.67. The molecule has 1 saturated heterocycles. The van der Waals surface area contributed by atoms with Gasteiger partial charge in [0.25, 0.3) is 0 Å². The summed E-state index contributed by atoms with van der Waals surface area (Å²) in [5.74, 6) is 0. The third-order valence-corrected chi connectivity index (χ3v) is 8.18. The monoisotopic (exact) mass is 436 g/mol. The molecule has 0 N–H and O–H groups in total. The maximum atomic E-state index is 13.0. The molecule has 1 aromatic heterocycles. The van der Waals surface area contributed by atoms with Crippen molar-refractivity contribution in [3.05, 3.63) is 62.7 Å². The van der Waals surface area contributed by atoms with Gasteiger partial charge in [0.05, 0.1) is 21.7 Å². The van der Waals surface area contributed by atoms with Gasteiger partial charge in [0.15, 0.2) is 0 Å². The summed E-state index contributed by atoms with van der Waals surface area (Å²) >= 11 is 7.01. The van der Waals surface area contributed by atoms with Crippen LogP contribution in [0.5, 0.6) is 0 Å². The lowest BCUT2D eigenvalue weighted by molar-refractivity contribution is 0.424. The minimum Gasteiger partial charge on any atom is -0.294 e. The third kappa shape index (κ3) is 3.89. The van der Waals surface area contributed by atoms with Gasteiger partial charge in [-0.05, 0) is 48.7 Å². The van der Waals surface area contributed by atoms with Crippen molar-refractivity contribution in [2.45, 2.75) is 37.1 Å². The molecule has 0 aliphatic carbocycles. The molecule has 1 aliphatic rings. The molecule has 0 atom stereocenters. The first-order valence-electron chi connectivity index (χ1n) is 9.33. The second-order valence-corrected chi connectivity index (χ2v) is 10.4. The van der Waals surface area contributed by atoms with E-state index in [1.54, 1.807) is 39.2 Å². The quantitative estimate of drug-likeness (QED) is 0.611. The fourth-order valence-electron chi connectivity index (χ4n) is 3.56. The summed E-state index contributed by atoms with van der Waals surface area (Å²) < 4.78 is 30.0. The van der Waals surface area contributed by atoms with Crippen LogP contribution in [0.2, 0.25) is 5.02 Å². The Kier molecular flexibility index (Phi) is 5.60. The Morgan fingerprint density at radius 1 is 0.964 bits per heavy atom. The number of sulfonamides is 1. The summed E-state index contributed by atoms with van der Waals surface area (Å²) in [4.78, 5) is 12.7. The maximum absolute atomic E-state index is 13.0. The molecule has 8 heteroatoms. The molecule has 0 unspecified atom stereocenters. The number of hydrogen-bond acceptors (Lipinski definition) is 4. The molecular weight excluding hydrogens is 416 g/mol. The Morgan fingerprint density at radius 2 is 1.64 bits per heavy atom. The van der Waals surface area contributed by atoms with E-state index >= 15 is 0 Å². The highest BCUT2D eigenvalue weighted by atomic mass is 35.5. The number of benzene rings is 2. The number of fused-ring (bicyclic) bond motifs is 1. The first-order chi connectivity index (χ1) is 13.4. The normalized spacial score (nSPS) is 16.3. The number of hydrogen-bond donors (Lipinski definition) is 0. The van der Waals surface area contributed by atoms with Gasteiger partial charge < -0.3 is 0 Å². The van der Waals surface area contributed by atoms with E-state index in [-0.39, 0.29) is 9.77 Å². The molecule has 1 aliphatic heterocycles. The second-order valence-electron chi connectivity index (χ2n) is 7.03. The van der Waals surface area contributed by atoms with Crippen molar-refractivity contribution in [1.29, 1.82) is 0 Å². The summed E-state index contributed by atoms with van der Waals surface area (Å²) in [6, 6.07) is 12.4. The van der Waals surface area contributed by atoms with E-state index in [0.717, 1.165) is 48.1 Å². The van der Waals surface area contributed by atoms with Gasteiger partial charge in [-0.3, -0.25) is 9.36 Å². The molecule has 1 fully saturated rings. The predicted octanol–water partition coefficient (Wildman–Crippen LogP) is 4.33. The van der Waals surface area contributed by atoms with Crippen molar-refractivity contribution < 1.29 is 8.42 Å². The second kappa shape index (κ2) is 7.99. The minimum atomic E-state index is -3.53. The molecule has 148 valence electrons. The SMILES string of the molecule is O=c1sc2cc(S(=O)(=O)N3CCCCCC3)ccc2n1Cc1ccc(Cl)cc1. The predicted molar refractivity (Wildman–Crippen MR) is 114 cm³/mol. The van der Waals surface area contributed by atoms with Crippen LogP contribution in [0.15, 0.2) is 52.2 Å². The lowest BCUT2D eigenvalue weighted by Crippen LogP contribution is -2.31. The van der Waals surface area contributed by atoms with Crippen molar-refractivity contribution in [2.24, 2.45) is 0 Å². The summed E-state index contributed by atoms with van der Waals surface area (Å²) in [6.45, 7) is 1.55. The van der Waals surface area contributed by atoms with Crippen LogP contribution in [0.25, 0.3) is 10.2 Å². The molecular formula is C20H21ClN2O3S2. The lowest BCUT2D eigenvalue weighted by Gasteiger charge is -2.19. The van der Waals surface area contributed by atoms with Gasteiger partial charge in [-0.2, -0.15) is 4.31 Å². The van der Waals surface area contributed by atoms with Crippen LogP contribution in [0, 0.1) is 0 Å². The Bertz CT molecular complexity index is 1140. The zero-order valence-electron chi connectivity index (χ0n) is 15.3. The topological polar surface area (TPSA) is 59.4 Å². The lowest BCUT2D eigenvalue weighted by atomic mass is 10.2. The van der Waals surface area contributed by atoms with E-state index < -0.39 is 10.0 Å². The molecule has 0 radical (unpaired) electrons. The largest absolute Gasteiger partial charge is 0.308 e. The number of aromatic nitrogens is 1. The van der Waals surface area contributed by atoms with Crippen LogP contribution >= 0.6 is 22.9 Å². The van der Waals surface area contributed by atoms with E-state index in [9.17, 15) is 13.2 Å². The van der Waals surface area contributed by atoms with Crippen LogP contribution in [0.3, 0.4) is 0 Å². The number of rotatable bonds is 4. The third-order valence-electron chi connectivity index (χ3n) is 5.10. The molecule has 0 saturated carbocycles. The van der Waals surface area contributed by atoms with E-state index in [1.807, 2.05) is 12.1 Å². The van der Waals surface area contributed by atoms with Gasteiger partial charge in [-0.1, -0.05) is 47.9 Å². The van der Waals surface area contributed by atoms with Gasteiger partial charge in [0.1, 0.15) is 0 Å². The van der Waals surface area contributed by atoms with Crippen LogP contribution in [-0.2, 0) is 16.6 Å². The fourth-order valence-corrected chi connectivity index (χ4v) is 6.23. The summed E-state index contributed by atoms with van der Waals surface area (Å²) in [7, 11) is -3.53. The van der Waals surface area contributed by atoms with E-state index in [4.69, 9.17) is 11.6 Å². The van der Waals surface area contributed by atoms with Crippen LogP contribution in [0.4, 0.5) is 0 Å². The van der Waals surface area contributed by atoms with Gasteiger partial charge >= 0.3 is 4.87 Å². The highest BCUT2D eigenvalue weighted by molar-refractivity contribution is 7.89. The van der Waals surface area contributed by atoms with E-state index in [0.29, 0.717) is 29.4 Å². The van der Waals surface area contributed by atoms with Crippen molar-refractivity contribution in [1.82, 2.24) is 8.87 Å². The summed E-state index contributed by atoms with van der Waals surface area (Å²) in [6.07, 6.45) is 3.93. The van der Waals surface area contributed by atoms with Crippen molar-refractivity contribution >= 4 is 43.2 Å². The summed E-state index contributed by atoms with van der Waals surface area (Å²) in [5.41, 5.74) is 1.72. The van der Waals surface area contributed by atoms with Gasteiger partial charge in [-0.15, -0.1) is 0 Å². The zero-order valence-corrected chi connectivity index (χ0v) is 17.7. The fraction of sp³-hybridized carbons (Fsp3) is 0.350. The molecule has 5 nitrogen and oxygen atoms in total. The minimum absolute atomic E-state index is 0.103. The van der Waals surface area contributed by atoms with Crippen LogP contribution < -0.4 is 4.87 Å². The molecule has 2 heterocycles. The Balaban J connectivity index is 1.68. The standard InChI is InChI=1S/C20H21ClN2O3S2/c21-16-7-5-15(6-8-16)14-23-18-10-9-17(13-19(18)27-20(23)24)28(25,26)22-11-3-1-2-4-12-22/h5-10,13H,1-4,11-12,14H2. The maximum Gasteiger partial charge on any atom is 0.308 e. The van der Waals surface area contributed by atoms with E-state index in [2.05, 4.69) is 0 Å². The number of thiazole rings is 1. The molecule has 4 rings (SSSR count). The van der Waals surface area contributed by atoms with Crippen molar-refractivity contribution in [2.75, 3.05) is 13.1 Å².